The Morgan fingerprint density at radius 1 is 1.00 bits per heavy atom. The van der Waals surface area contributed by atoms with Crippen LogP contribution in [0.5, 0.6) is 0 Å². The summed E-state index contributed by atoms with van der Waals surface area (Å²) < 4.78 is 16.9. The molecule has 164 valence electrons. The molecule has 0 saturated carbocycles. The average Bonchev–Trinajstić information content (AvgIpc) is 2.61. The largest absolute Gasteiger partial charge is 0.460 e. The van der Waals surface area contributed by atoms with E-state index in [1.54, 1.807) is 27.7 Å². The van der Waals surface area contributed by atoms with Gasteiger partial charge in [-0.05, 0) is 52.0 Å². The Morgan fingerprint density at radius 2 is 1.62 bits per heavy atom. The third-order valence-electron chi connectivity index (χ3n) is 4.50. The molecule has 5 nitrogen and oxygen atoms in total. The summed E-state index contributed by atoms with van der Waals surface area (Å²) >= 11 is 0. The number of aryl methyl sites for hydroxylation is 1. The lowest BCUT2D eigenvalue weighted by Crippen LogP contribution is -2.38. The van der Waals surface area contributed by atoms with Crippen LogP contribution in [0.4, 0.5) is 0 Å². The Kier molecular flexibility index (Phi) is 10.4. The predicted molar refractivity (Wildman–Crippen MR) is 115 cm³/mol. The highest BCUT2D eigenvalue weighted by Crippen LogP contribution is 2.19. The van der Waals surface area contributed by atoms with E-state index < -0.39 is 23.5 Å². The Balaban J connectivity index is 2.47. The van der Waals surface area contributed by atoms with Gasteiger partial charge in [0.1, 0.15) is 11.7 Å². The topological polar surface area (TPSA) is 61.8 Å². The molecule has 0 spiro atoms. The van der Waals surface area contributed by atoms with Gasteiger partial charge in [0.2, 0.25) is 0 Å². The SMILES string of the molecule is CC(C)[C@@H](OC(=O)[C@H](C)CC(=O)OC(C)(C)C)[C@H](C)OCCCc1ccccc1. The molecule has 0 radical (unpaired) electrons. The molecular formula is C24H38O5. The first-order valence-corrected chi connectivity index (χ1v) is 10.6. The highest BCUT2D eigenvalue weighted by atomic mass is 16.6. The fraction of sp³-hybridized carbons (Fsp3) is 0.667. The van der Waals surface area contributed by atoms with Crippen LogP contribution < -0.4 is 0 Å². The van der Waals surface area contributed by atoms with Gasteiger partial charge in [-0.1, -0.05) is 51.1 Å². The highest BCUT2D eigenvalue weighted by molar-refractivity contribution is 5.79. The van der Waals surface area contributed by atoms with Gasteiger partial charge in [-0.2, -0.15) is 0 Å². The number of rotatable bonds is 11. The molecule has 3 atom stereocenters. The summed E-state index contributed by atoms with van der Waals surface area (Å²) in [5, 5.41) is 0. The zero-order valence-corrected chi connectivity index (χ0v) is 19.1. The summed E-state index contributed by atoms with van der Waals surface area (Å²) in [5.41, 5.74) is 0.718. The van der Waals surface area contributed by atoms with Crippen LogP contribution >= 0.6 is 0 Å². The summed E-state index contributed by atoms with van der Waals surface area (Å²) in [6.45, 7) is 13.6. The lowest BCUT2D eigenvalue weighted by atomic mass is 10.0. The molecule has 0 aromatic heterocycles. The smallest absolute Gasteiger partial charge is 0.309 e. The maximum atomic E-state index is 12.5. The van der Waals surface area contributed by atoms with Crippen molar-refractivity contribution in [1.82, 2.24) is 0 Å². The van der Waals surface area contributed by atoms with E-state index in [1.807, 2.05) is 39.0 Å². The van der Waals surface area contributed by atoms with Crippen molar-refractivity contribution in [3.05, 3.63) is 35.9 Å². The second kappa shape index (κ2) is 12.0. The molecule has 5 heteroatoms. The number of hydrogen-bond acceptors (Lipinski definition) is 5. The van der Waals surface area contributed by atoms with Gasteiger partial charge in [0, 0.05) is 6.61 Å². The summed E-state index contributed by atoms with van der Waals surface area (Å²) in [5.74, 6) is -1.24. The summed E-state index contributed by atoms with van der Waals surface area (Å²) in [4.78, 5) is 24.5. The number of ether oxygens (including phenoxy) is 3. The Labute approximate surface area is 176 Å². The third kappa shape index (κ3) is 10.5. The number of benzene rings is 1. The second-order valence-electron chi connectivity index (χ2n) is 9.00. The van der Waals surface area contributed by atoms with Crippen LogP contribution in [0.3, 0.4) is 0 Å². The van der Waals surface area contributed by atoms with Crippen molar-refractivity contribution in [1.29, 1.82) is 0 Å². The predicted octanol–water partition coefficient (Wildman–Crippen LogP) is 4.96. The van der Waals surface area contributed by atoms with Crippen molar-refractivity contribution in [3.8, 4) is 0 Å². The van der Waals surface area contributed by atoms with E-state index in [-0.39, 0.29) is 24.5 Å². The van der Waals surface area contributed by atoms with Crippen LogP contribution in [-0.2, 0) is 30.2 Å². The van der Waals surface area contributed by atoms with Crippen LogP contribution in [0.25, 0.3) is 0 Å². The molecule has 1 aromatic carbocycles. The molecule has 0 N–H and O–H groups in total. The van der Waals surface area contributed by atoms with Gasteiger partial charge in [-0.3, -0.25) is 9.59 Å². The number of carbonyl (C=O) groups excluding carboxylic acids is 2. The lowest BCUT2D eigenvalue weighted by Gasteiger charge is -2.29. The van der Waals surface area contributed by atoms with Gasteiger partial charge in [0.15, 0.2) is 0 Å². The Bertz CT molecular complexity index is 618. The molecule has 0 fully saturated rings. The lowest BCUT2D eigenvalue weighted by molar-refractivity contribution is -0.170. The first-order valence-electron chi connectivity index (χ1n) is 10.6. The fourth-order valence-corrected chi connectivity index (χ4v) is 3.03. The van der Waals surface area contributed by atoms with Gasteiger partial charge >= 0.3 is 11.9 Å². The molecule has 29 heavy (non-hydrogen) atoms. The molecule has 0 bridgehead atoms. The quantitative estimate of drug-likeness (QED) is 0.384. The van der Waals surface area contributed by atoms with Crippen molar-refractivity contribution in [3.63, 3.8) is 0 Å². The summed E-state index contributed by atoms with van der Waals surface area (Å²) in [6, 6.07) is 10.3. The molecule has 0 aliphatic heterocycles. The van der Waals surface area contributed by atoms with Crippen LogP contribution in [0.15, 0.2) is 30.3 Å². The summed E-state index contributed by atoms with van der Waals surface area (Å²) in [7, 11) is 0. The molecule has 0 aliphatic carbocycles. The molecule has 0 unspecified atom stereocenters. The third-order valence-corrected chi connectivity index (χ3v) is 4.50. The molecule has 0 aliphatic rings. The fourth-order valence-electron chi connectivity index (χ4n) is 3.03. The highest BCUT2D eigenvalue weighted by Gasteiger charge is 2.29. The Hall–Kier alpha value is -1.88. The maximum Gasteiger partial charge on any atom is 0.309 e. The number of esters is 2. The Morgan fingerprint density at radius 3 is 2.17 bits per heavy atom. The first kappa shape index (κ1) is 25.2. The van der Waals surface area contributed by atoms with Gasteiger partial charge in [0.05, 0.1) is 18.4 Å². The van der Waals surface area contributed by atoms with Crippen molar-refractivity contribution in [2.75, 3.05) is 6.61 Å². The van der Waals surface area contributed by atoms with E-state index in [9.17, 15) is 9.59 Å². The van der Waals surface area contributed by atoms with E-state index in [0.29, 0.717) is 6.61 Å². The van der Waals surface area contributed by atoms with Gasteiger partial charge < -0.3 is 14.2 Å². The molecule has 1 aromatic rings. The minimum atomic E-state index is -0.566. The van der Waals surface area contributed by atoms with Crippen molar-refractivity contribution in [2.45, 2.75) is 85.5 Å². The second-order valence-corrected chi connectivity index (χ2v) is 9.00. The van der Waals surface area contributed by atoms with Crippen molar-refractivity contribution in [2.24, 2.45) is 11.8 Å². The average molecular weight is 407 g/mol. The number of hydrogen-bond donors (Lipinski definition) is 0. The zero-order valence-electron chi connectivity index (χ0n) is 19.1. The van der Waals surface area contributed by atoms with Crippen molar-refractivity contribution < 1.29 is 23.8 Å². The standard InChI is InChI=1S/C24H38O5/c1-17(2)22(19(4)27-15-11-14-20-12-9-8-10-13-20)28-23(26)18(3)16-21(25)29-24(5,6)7/h8-10,12-13,17-19,22H,11,14-16H2,1-7H3/t18-,19+,22-/m1/s1. The molecular weight excluding hydrogens is 368 g/mol. The number of carbonyl (C=O) groups is 2. The maximum absolute atomic E-state index is 12.5. The van der Waals surface area contributed by atoms with Gasteiger partial charge in [-0.15, -0.1) is 0 Å². The minimum Gasteiger partial charge on any atom is -0.460 e. The van der Waals surface area contributed by atoms with Crippen LogP contribution in [0.2, 0.25) is 0 Å². The van der Waals surface area contributed by atoms with Crippen LogP contribution in [0, 0.1) is 11.8 Å². The normalized spacial score (nSPS) is 14.9. The summed E-state index contributed by atoms with van der Waals surface area (Å²) in [6.07, 6.45) is 1.28. The monoisotopic (exact) mass is 406 g/mol. The zero-order chi connectivity index (χ0) is 22.0. The molecule has 0 saturated heterocycles. The van der Waals surface area contributed by atoms with E-state index in [2.05, 4.69) is 12.1 Å². The van der Waals surface area contributed by atoms with E-state index in [0.717, 1.165) is 12.8 Å². The van der Waals surface area contributed by atoms with Crippen LogP contribution in [0.1, 0.15) is 66.9 Å². The first-order chi connectivity index (χ1) is 13.5. The minimum absolute atomic E-state index is 0.00717. The van der Waals surface area contributed by atoms with Gasteiger partial charge in [0.25, 0.3) is 0 Å². The molecule has 0 amide bonds. The van der Waals surface area contributed by atoms with E-state index in [1.165, 1.54) is 5.56 Å². The van der Waals surface area contributed by atoms with E-state index >= 15 is 0 Å². The van der Waals surface area contributed by atoms with Gasteiger partial charge in [-0.25, -0.2) is 0 Å². The molecule has 1 rings (SSSR count). The molecule has 0 heterocycles. The van der Waals surface area contributed by atoms with Crippen molar-refractivity contribution >= 4 is 11.9 Å². The van der Waals surface area contributed by atoms with Crippen LogP contribution in [-0.4, -0.2) is 36.4 Å². The van der Waals surface area contributed by atoms with E-state index in [4.69, 9.17) is 14.2 Å².